The highest BCUT2D eigenvalue weighted by molar-refractivity contribution is 6.32. The zero-order valence-corrected chi connectivity index (χ0v) is 29.7. The highest BCUT2D eigenvalue weighted by Gasteiger charge is 2.40. The van der Waals surface area contributed by atoms with Gasteiger partial charge in [0.2, 0.25) is 0 Å². The summed E-state index contributed by atoms with van der Waals surface area (Å²) in [6.07, 6.45) is 10.3. The molecule has 0 bridgehead atoms. The van der Waals surface area contributed by atoms with Crippen LogP contribution in [-0.4, -0.2) is 28.7 Å². The Balaban J connectivity index is 1.59. The number of rotatable bonds is 13. The predicted molar refractivity (Wildman–Crippen MR) is 201 cm³/mol. The molecule has 7 nitrogen and oxygen atoms in total. The first kappa shape index (κ1) is 36.2. The molecule has 0 saturated carbocycles. The van der Waals surface area contributed by atoms with Gasteiger partial charge >= 0.3 is 11.9 Å². The molecule has 50 heavy (non-hydrogen) atoms. The fourth-order valence-electron chi connectivity index (χ4n) is 7.00. The van der Waals surface area contributed by atoms with E-state index in [4.69, 9.17) is 16.7 Å². The van der Waals surface area contributed by atoms with E-state index in [0.717, 1.165) is 66.2 Å². The number of hydrogen-bond acceptors (Lipinski definition) is 5. The molecule has 5 rings (SSSR count). The lowest BCUT2D eigenvalue weighted by Crippen LogP contribution is -2.27. The first-order valence-corrected chi connectivity index (χ1v) is 17.6. The van der Waals surface area contributed by atoms with E-state index < -0.39 is 17.4 Å². The summed E-state index contributed by atoms with van der Waals surface area (Å²) in [7, 11) is 0. The number of allylic oxidation sites excluding steroid dienone is 7. The SMILES string of the molecule is CCC1CC(/C=C(\C#N)C(=O)O)=C(Cl)C(=C/C=C2/N(CCCCCC(=O)O)c3ccc(N(c4ccccc4)c4ccccc4)cc3C2(C)C)/C1. The smallest absolute Gasteiger partial charge is 0.346 e. The summed E-state index contributed by atoms with van der Waals surface area (Å²) in [5.41, 5.74) is 7.42. The Hall–Kier alpha value is -5.06. The van der Waals surface area contributed by atoms with Gasteiger partial charge in [0.25, 0.3) is 0 Å². The summed E-state index contributed by atoms with van der Waals surface area (Å²) < 4.78 is 0. The van der Waals surface area contributed by atoms with Crippen LogP contribution in [0.5, 0.6) is 0 Å². The maximum absolute atomic E-state index is 11.6. The Morgan fingerprint density at radius 1 is 0.940 bits per heavy atom. The average Bonchev–Trinajstić information content (AvgIpc) is 3.32. The van der Waals surface area contributed by atoms with Gasteiger partial charge in [-0.3, -0.25) is 4.79 Å². The van der Waals surface area contributed by atoms with E-state index >= 15 is 0 Å². The monoisotopic (exact) mass is 689 g/mol. The van der Waals surface area contributed by atoms with Gasteiger partial charge in [-0.25, -0.2) is 4.79 Å². The standard InChI is InChI=1S/C42H44ClN3O4/c1-4-29-24-30(40(43)31(25-29)26-32(28-44)41(49)50)19-22-38-42(2,3)36-27-35(20-21-37(36)45(38)23-13-7-12-18-39(47)48)46(33-14-8-5-9-15-33)34-16-10-6-11-17-34/h5-6,8-11,14-17,19-22,26-27,29H,4,7,12-13,18,23-25H2,1-3H3,(H,47,48)(H,49,50)/b30-19+,32-26+,38-22+. The molecule has 1 heterocycles. The van der Waals surface area contributed by atoms with Crippen LogP contribution in [-0.2, 0) is 15.0 Å². The number of nitrogens with zero attached hydrogens (tertiary/aromatic N) is 3. The van der Waals surface area contributed by atoms with Crippen LogP contribution in [0.1, 0.15) is 71.3 Å². The lowest BCUT2D eigenvalue weighted by Gasteiger charge is -2.28. The number of carboxylic acid groups (broad SMARTS) is 2. The van der Waals surface area contributed by atoms with Crippen LogP contribution in [0.25, 0.3) is 0 Å². The maximum atomic E-state index is 11.6. The summed E-state index contributed by atoms with van der Waals surface area (Å²) in [6, 6.07) is 29.0. The zero-order valence-electron chi connectivity index (χ0n) is 28.9. The van der Waals surface area contributed by atoms with Crippen molar-refractivity contribution in [3.8, 4) is 6.07 Å². The van der Waals surface area contributed by atoms with Crippen LogP contribution in [0.15, 0.2) is 125 Å². The third-order valence-electron chi connectivity index (χ3n) is 9.70. The Bertz CT molecular complexity index is 1850. The summed E-state index contributed by atoms with van der Waals surface area (Å²) in [4.78, 5) is 27.4. The molecule has 0 radical (unpaired) electrons. The Labute approximate surface area is 300 Å². The second-order valence-corrected chi connectivity index (χ2v) is 13.8. The van der Waals surface area contributed by atoms with Crippen LogP contribution >= 0.6 is 11.6 Å². The van der Waals surface area contributed by atoms with E-state index in [1.165, 1.54) is 11.6 Å². The number of carboxylic acids is 2. The highest BCUT2D eigenvalue weighted by atomic mass is 35.5. The Morgan fingerprint density at radius 3 is 2.18 bits per heavy atom. The molecule has 258 valence electrons. The molecule has 3 aromatic rings. The van der Waals surface area contributed by atoms with Crippen molar-refractivity contribution in [3.63, 3.8) is 0 Å². The van der Waals surface area contributed by atoms with Gasteiger partial charge in [-0.2, -0.15) is 5.26 Å². The van der Waals surface area contributed by atoms with Crippen molar-refractivity contribution in [1.29, 1.82) is 5.26 Å². The normalized spacial score (nSPS) is 18.7. The fourth-order valence-corrected chi connectivity index (χ4v) is 7.27. The summed E-state index contributed by atoms with van der Waals surface area (Å²) >= 11 is 6.94. The molecular weight excluding hydrogens is 646 g/mol. The molecule has 2 aliphatic rings. The largest absolute Gasteiger partial charge is 0.481 e. The van der Waals surface area contributed by atoms with Gasteiger partial charge in [-0.05, 0) is 103 Å². The van der Waals surface area contributed by atoms with E-state index in [-0.39, 0.29) is 17.9 Å². The summed E-state index contributed by atoms with van der Waals surface area (Å²) in [5.74, 6) is -1.77. The minimum atomic E-state index is -1.27. The number of nitriles is 1. The third kappa shape index (κ3) is 8.04. The van der Waals surface area contributed by atoms with E-state index in [0.29, 0.717) is 23.4 Å². The molecule has 1 atom stereocenters. The van der Waals surface area contributed by atoms with Crippen molar-refractivity contribution >= 4 is 46.3 Å². The van der Waals surface area contributed by atoms with Gasteiger partial charge in [-0.15, -0.1) is 0 Å². The van der Waals surface area contributed by atoms with Gasteiger partial charge in [0.15, 0.2) is 0 Å². The lowest BCUT2D eigenvalue weighted by molar-refractivity contribution is -0.137. The first-order chi connectivity index (χ1) is 24.0. The number of benzene rings is 3. The summed E-state index contributed by atoms with van der Waals surface area (Å²) in [6.45, 7) is 7.29. The Kier molecular flexibility index (Phi) is 11.7. The molecule has 0 spiro atoms. The quantitative estimate of drug-likeness (QED) is 0.104. The van der Waals surface area contributed by atoms with E-state index in [2.05, 4.69) is 85.2 Å². The van der Waals surface area contributed by atoms with Crippen molar-refractivity contribution in [1.82, 2.24) is 0 Å². The first-order valence-electron chi connectivity index (χ1n) is 17.2. The molecule has 0 fully saturated rings. The van der Waals surface area contributed by atoms with Crippen molar-refractivity contribution in [3.05, 3.63) is 130 Å². The molecule has 8 heteroatoms. The fraction of sp³-hybridized carbons (Fsp3) is 0.310. The summed E-state index contributed by atoms with van der Waals surface area (Å²) in [5, 5.41) is 28.6. The molecular formula is C42H44ClN3O4. The van der Waals surface area contributed by atoms with Gasteiger partial charge in [0.1, 0.15) is 11.6 Å². The minimum Gasteiger partial charge on any atom is -0.481 e. The van der Waals surface area contributed by atoms with Crippen molar-refractivity contribution < 1.29 is 19.8 Å². The van der Waals surface area contributed by atoms with Crippen molar-refractivity contribution in [2.75, 3.05) is 16.3 Å². The Morgan fingerprint density at radius 2 is 1.60 bits per heavy atom. The number of fused-ring (bicyclic) bond motifs is 1. The third-order valence-corrected chi connectivity index (χ3v) is 10.2. The van der Waals surface area contributed by atoms with Crippen LogP contribution in [0.3, 0.4) is 0 Å². The number of aliphatic carboxylic acids is 2. The topological polar surface area (TPSA) is 105 Å². The van der Waals surface area contributed by atoms with E-state index in [1.54, 1.807) is 6.07 Å². The highest BCUT2D eigenvalue weighted by Crippen LogP contribution is 2.50. The average molecular weight is 690 g/mol. The number of hydrogen-bond donors (Lipinski definition) is 2. The van der Waals surface area contributed by atoms with Crippen LogP contribution in [0.4, 0.5) is 22.7 Å². The zero-order chi connectivity index (χ0) is 35.8. The number of halogens is 1. The van der Waals surface area contributed by atoms with Gasteiger partial charge in [0.05, 0.1) is 0 Å². The second-order valence-electron chi connectivity index (χ2n) is 13.4. The molecule has 3 aromatic carbocycles. The molecule has 1 aliphatic heterocycles. The number of carbonyl (C=O) groups is 2. The van der Waals surface area contributed by atoms with Crippen molar-refractivity contribution in [2.45, 2.75) is 71.1 Å². The van der Waals surface area contributed by atoms with Crippen LogP contribution in [0, 0.1) is 17.2 Å². The van der Waals surface area contributed by atoms with Gasteiger partial charge < -0.3 is 20.0 Å². The lowest BCUT2D eigenvalue weighted by atomic mass is 9.81. The van der Waals surface area contributed by atoms with Crippen LogP contribution < -0.4 is 9.80 Å². The van der Waals surface area contributed by atoms with E-state index in [1.807, 2.05) is 36.4 Å². The molecule has 1 aliphatic carbocycles. The number of anilines is 4. The number of para-hydroxylation sites is 2. The molecule has 0 saturated heterocycles. The molecule has 1 unspecified atom stereocenters. The maximum Gasteiger partial charge on any atom is 0.346 e. The predicted octanol–water partition coefficient (Wildman–Crippen LogP) is 10.6. The second kappa shape index (κ2) is 16.1. The molecule has 2 N–H and O–H groups in total. The van der Waals surface area contributed by atoms with Crippen LogP contribution in [0.2, 0.25) is 0 Å². The molecule has 0 amide bonds. The van der Waals surface area contributed by atoms with Gasteiger partial charge in [0, 0.05) is 51.9 Å². The van der Waals surface area contributed by atoms with Crippen molar-refractivity contribution in [2.24, 2.45) is 5.92 Å². The van der Waals surface area contributed by atoms with Gasteiger partial charge in [-0.1, -0.05) is 87.7 Å². The molecule has 0 aromatic heterocycles. The van der Waals surface area contributed by atoms with E-state index in [9.17, 15) is 20.0 Å². The minimum absolute atomic E-state index is 0.157. The number of unbranched alkanes of at least 4 members (excludes halogenated alkanes) is 2.